The first kappa shape index (κ1) is 13.4. The van der Waals surface area contributed by atoms with Crippen LogP contribution in [0.1, 0.15) is 59.8 Å². The molecule has 2 aliphatic rings. The van der Waals surface area contributed by atoms with Crippen molar-refractivity contribution in [1.82, 2.24) is 4.90 Å². The summed E-state index contributed by atoms with van der Waals surface area (Å²) in [6.07, 6.45) is 7.32. The largest absolute Gasteiger partial charge is 0.300 e. The van der Waals surface area contributed by atoms with Crippen molar-refractivity contribution >= 4 is 0 Å². The quantitative estimate of drug-likeness (QED) is 0.709. The van der Waals surface area contributed by atoms with E-state index in [1.807, 2.05) is 0 Å². The third-order valence-corrected chi connectivity index (χ3v) is 5.06. The van der Waals surface area contributed by atoms with Crippen LogP contribution >= 0.6 is 0 Å². The Morgan fingerprint density at radius 2 is 1.76 bits per heavy atom. The fourth-order valence-electron chi connectivity index (χ4n) is 3.79. The molecule has 0 radical (unpaired) electrons. The predicted molar refractivity (Wildman–Crippen MR) is 75.1 cm³/mol. The zero-order valence-corrected chi connectivity index (χ0v) is 12.3. The van der Waals surface area contributed by atoms with Gasteiger partial charge in [-0.3, -0.25) is 0 Å². The van der Waals surface area contributed by atoms with Gasteiger partial charge in [0.05, 0.1) is 0 Å². The molecule has 1 saturated carbocycles. The van der Waals surface area contributed by atoms with Crippen LogP contribution in [0.25, 0.3) is 0 Å². The van der Waals surface area contributed by atoms with Gasteiger partial charge >= 0.3 is 0 Å². The molecule has 1 nitrogen and oxygen atoms in total. The fourth-order valence-corrected chi connectivity index (χ4v) is 3.79. The Morgan fingerprint density at radius 3 is 2.24 bits per heavy atom. The van der Waals surface area contributed by atoms with Crippen LogP contribution in [0.2, 0.25) is 0 Å². The van der Waals surface area contributed by atoms with Crippen LogP contribution in [-0.2, 0) is 0 Å². The molecule has 0 N–H and O–H groups in total. The SMILES string of the molecule is CC(C)C[C@@H]1CCN(C2CCC2)C[C@H]1C(C)C. The van der Waals surface area contributed by atoms with Gasteiger partial charge in [-0.05, 0) is 55.9 Å². The molecule has 1 saturated heterocycles. The highest BCUT2D eigenvalue weighted by Crippen LogP contribution is 2.37. The standard InChI is InChI=1S/C16H31N/c1-12(2)10-14-8-9-17(15-6-5-7-15)11-16(14)13(3)4/h12-16H,5-11H2,1-4H3/t14-,16-/m0/s1. The second-order valence-electron chi connectivity index (χ2n) is 7.17. The van der Waals surface area contributed by atoms with Gasteiger partial charge in [0, 0.05) is 12.6 Å². The summed E-state index contributed by atoms with van der Waals surface area (Å²) in [5, 5.41) is 0. The maximum Gasteiger partial charge on any atom is 0.00953 e. The number of hydrogen-bond acceptors (Lipinski definition) is 1. The van der Waals surface area contributed by atoms with Crippen LogP contribution in [0.4, 0.5) is 0 Å². The molecular formula is C16H31N. The zero-order valence-electron chi connectivity index (χ0n) is 12.3. The first-order valence-corrected chi connectivity index (χ1v) is 7.82. The molecule has 0 bridgehead atoms. The molecular weight excluding hydrogens is 206 g/mol. The highest BCUT2D eigenvalue weighted by molar-refractivity contribution is 4.88. The Morgan fingerprint density at radius 1 is 1.06 bits per heavy atom. The van der Waals surface area contributed by atoms with E-state index in [1.165, 1.54) is 45.2 Å². The maximum atomic E-state index is 2.81. The lowest BCUT2D eigenvalue weighted by atomic mass is 9.73. The predicted octanol–water partition coefficient (Wildman–Crippen LogP) is 4.18. The van der Waals surface area contributed by atoms with Crippen molar-refractivity contribution in [1.29, 1.82) is 0 Å². The number of piperidine rings is 1. The molecule has 1 aliphatic heterocycles. The normalized spacial score (nSPS) is 32.1. The van der Waals surface area contributed by atoms with Crippen molar-refractivity contribution in [2.75, 3.05) is 13.1 Å². The summed E-state index contributed by atoms with van der Waals surface area (Å²) in [6.45, 7) is 12.4. The Bertz CT molecular complexity index is 230. The third-order valence-electron chi connectivity index (χ3n) is 5.06. The second-order valence-corrected chi connectivity index (χ2v) is 7.17. The maximum absolute atomic E-state index is 2.81. The first-order valence-electron chi connectivity index (χ1n) is 7.82. The minimum Gasteiger partial charge on any atom is -0.300 e. The lowest BCUT2D eigenvalue weighted by Gasteiger charge is -2.47. The Kier molecular flexibility index (Phi) is 4.52. The van der Waals surface area contributed by atoms with Crippen molar-refractivity contribution in [2.24, 2.45) is 23.7 Å². The highest BCUT2D eigenvalue weighted by Gasteiger charge is 2.35. The number of rotatable bonds is 4. The molecule has 0 unspecified atom stereocenters. The fraction of sp³-hybridized carbons (Fsp3) is 1.00. The van der Waals surface area contributed by atoms with Crippen LogP contribution < -0.4 is 0 Å². The molecule has 2 fully saturated rings. The van der Waals surface area contributed by atoms with Crippen LogP contribution in [0.15, 0.2) is 0 Å². The van der Waals surface area contributed by atoms with Crippen LogP contribution in [0.3, 0.4) is 0 Å². The summed E-state index contributed by atoms with van der Waals surface area (Å²) in [7, 11) is 0. The second kappa shape index (κ2) is 5.73. The first-order chi connectivity index (χ1) is 8.08. The van der Waals surface area contributed by atoms with Gasteiger partial charge in [-0.1, -0.05) is 34.1 Å². The molecule has 1 heteroatoms. The molecule has 100 valence electrons. The van der Waals surface area contributed by atoms with Gasteiger partial charge in [0.1, 0.15) is 0 Å². The summed E-state index contributed by atoms with van der Waals surface area (Å²) in [5.41, 5.74) is 0. The molecule has 0 spiro atoms. The van der Waals surface area contributed by atoms with E-state index in [2.05, 4.69) is 32.6 Å². The summed E-state index contributed by atoms with van der Waals surface area (Å²) in [6, 6.07) is 0.955. The Labute approximate surface area is 108 Å². The lowest BCUT2D eigenvalue weighted by molar-refractivity contribution is 0.0235. The molecule has 2 atom stereocenters. The minimum atomic E-state index is 0.863. The van der Waals surface area contributed by atoms with Crippen molar-refractivity contribution in [3.8, 4) is 0 Å². The van der Waals surface area contributed by atoms with E-state index < -0.39 is 0 Å². The molecule has 2 rings (SSSR count). The molecule has 1 aliphatic carbocycles. The zero-order chi connectivity index (χ0) is 12.4. The minimum absolute atomic E-state index is 0.863. The van der Waals surface area contributed by atoms with E-state index in [9.17, 15) is 0 Å². The number of hydrogen-bond donors (Lipinski definition) is 0. The average molecular weight is 237 g/mol. The Balaban J connectivity index is 1.92. The van der Waals surface area contributed by atoms with Crippen molar-refractivity contribution in [2.45, 2.75) is 65.8 Å². The smallest absolute Gasteiger partial charge is 0.00953 e. The number of likely N-dealkylation sites (tertiary alicyclic amines) is 1. The van der Waals surface area contributed by atoms with E-state index in [0.29, 0.717) is 0 Å². The van der Waals surface area contributed by atoms with E-state index in [-0.39, 0.29) is 0 Å². The lowest BCUT2D eigenvalue weighted by Crippen LogP contribution is -2.49. The van der Waals surface area contributed by atoms with Crippen LogP contribution in [0, 0.1) is 23.7 Å². The summed E-state index contributed by atoms with van der Waals surface area (Å²) in [4.78, 5) is 2.81. The van der Waals surface area contributed by atoms with E-state index in [1.54, 1.807) is 0 Å². The highest BCUT2D eigenvalue weighted by atomic mass is 15.2. The monoisotopic (exact) mass is 237 g/mol. The van der Waals surface area contributed by atoms with Gasteiger partial charge < -0.3 is 4.90 Å². The van der Waals surface area contributed by atoms with Gasteiger partial charge in [0.2, 0.25) is 0 Å². The molecule has 1 heterocycles. The van der Waals surface area contributed by atoms with Crippen LogP contribution in [0.5, 0.6) is 0 Å². The summed E-state index contributed by atoms with van der Waals surface area (Å²) in [5.74, 6) is 3.68. The molecule has 0 aromatic carbocycles. The third kappa shape index (κ3) is 3.24. The van der Waals surface area contributed by atoms with Gasteiger partial charge in [-0.15, -0.1) is 0 Å². The molecule has 17 heavy (non-hydrogen) atoms. The van der Waals surface area contributed by atoms with Gasteiger partial charge in [0.15, 0.2) is 0 Å². The molecule has 0 aromatic rings. The van der Waals surface area contributed by atoms with E-state index in [0.717, 1.165) is 29.7 Å². The van der Waals surface area contributed by atoms with Gasteiger partial charge in [0.25, 0.3) is 0 Å². The summed E-state index contributed by atoms with van der Waals surface area (Å²) >= 11 is 0. The van der Waals surface area contributed by atoms with Crippen molar-refractivity contribution < 1.29 is 0 Å². The molecule has 0 aromatic heterocycles. The molecule has 0 amide bonds. The van der Waals surface area contributed by atoms with Crippen LogP contribution in [-0.4, -0.2) is 24.0 Å². The summed E-state index contributed by atoms with van der Waals surface area (Å²) < 4.78 is 0. The van der Waals surface area contributed by atoms with E-state index >= 15 is 0 Å². The van der Waals surface area contributed by atoms with Crippen molar-refractivity contribution in [3.63, 3.8) is 0 Å². The Hall–Kier alpha value is -0.0400. The average Bonchev–Trinajstić information content (AvgIpc) is 2.16. The van der Waals surface area contributed by atoms with Gasteiger partial charge in [-0.2, -0.15) is 0 Å². The number of nitrogens with zero attached hydrogens (tertiary/aromatic N) is 1. The van der Waals surface area contributed by atoms with Crippen molar-refractivity contribution in [3.05, 3.63) is 0 Å². The topological polar surface area (TPSA) is 3.24 Å². The van der Waals surface area contributed by atoms with E-state index in [4.69, 9.17) is 0 Å². The van der Waals surface area contributed by atoms with Gasteiger partial charge in [-0.25, -0.2) is 0 Å².